The highest BCUT2D eigenvalue weighted by Gasteiger charge is 2.49. The summed E-state index contributed by atoms with van der Waals surface area (Å²) in [4.78, 5) is 46.1. The van der Waals surface area contributed by atoms with Crippen molar-refractivity contribution < 1.29 is 19.1 Å². The van der Waals surface area contributed by atoms with Crippen molar-refractivity contribution in [3.05, 3.63) is 70.9 Å². The minimum absolute atomic E-state index is 0.0207. The predicted molar refractivity (Wildman–Crippen MR) is 144 cm³/mol. The van der Waals surface area contributed by atoms with Crippen LogP contribution in [-0.4, -0.2) is 58.9 Å². The van der Waals surface area contributed by atoms with E-state index in [1.807, 2.05) is 56.3 Å². The normalized spacial score (nSPS) is 23.5. The Morgan fingerprint density at radius 1 is 1.16 bits per heavy atom. The van der Waals surface area contributed by atoms with Crippen molar-refractivity contribution in [1.82, 2.24) is 20.5 Å². The number of hydrogen-bond acceptors (Lipinski definition) is 4. The van der Waals surface area contributed by atoms with Crippen molar-refractivity contribution in [3.63, 3.8) is 0 Å². The molecule has 0 bridgehead atoms. The van der Waals surface area contributed by atoms with E-state index in [2.05, 4.69) is 21.7 Å². The molecule has 0 aliphatic carbocycles. The van der Waals surface area contributed by atoms with Crippen molar-refractivity contribution in [1.29, 1.82) is 0 Å². The molecule has 3 aliphatic heterocycles. The molecule has 3 aromatic rings. The third-order valence-electron chi connectivity index (χ3n) is 8.48. The van der Waals surface area contributed by atoms with E-state index in [-0.39, 0.29) is 35.8 Å². The first-order valence-electron chi connectivity index (χ1n) is 13.7. The first kappa shape index (κ1) is 24.7. The molecule has 1 fully saturated rings. The molecule has 38 heavy (non-hydrogen) atoms. The van der Waals surface area contributed by atoms with Gasteiger partial charge in [0.2, 0.25) is 11.8 Å². The quantitative estimate of drug-likeness (QED) is 0.449. The topological polar surface area (TPSA) is 104 Å². The smallest absolute Gasteiger partial charge is 0.255 e. The van der Waals surface area contributed by atoms with Crippen molar-refractivity contribution in [2.75, 3.05) is 13.2 Å². The maximum Gasteiger partial charge on any atom is 0.255 e. The summed E-state index contributed by atoms with van der Waals surface area (Å²) in [5, 5.41) is 7.10. The summed E-state index contributed by atoms with van der Waals surface area (Å²) in [5.41, 5.74) is 4.52. The fraction of sp³-hybridized carbons (Fsp3) is 0.433. The zero-order valence-corrected chi connectivity index (χ0v) is 21.8. The van der Waals surface area contributed by atoms with Gasteiger partial charge in [0.25, 0.3) is 5.91 Å². The van der Waals surface area contributed by atoms with Crippen molar-refractivity contribution in [3.8, 4) is 0 Å². The number of amides is 3. The second-order valence-corrected chi connectivity index (χ2v) is 10.7. The Kier molecular flexibility index (Phi) is 6.43. The fourth-order valence-corrected chi connectivity index (χ4v) is 6.22. The molecule has 5 unspecified atom stereocenters. The number of hydrogen-bond donors (Lipinski definition) is 3. The molecular weight excluding hydrogens is 480 g/mol. The van der Waals surface area contributed by atoms with Crippen LogP contribution in [0.5, 0.6) is 0 Å². The van der Waals surface area contributed by atoms with Gasteiger partial charge in [-0.2, -0.15) is 0 Å². The number of aromatic nitrogens is 1. The van der Waals surface area contributed by atoms with Gasteiger partial charge in [0.15, 0.2) is 0 Å². The Morgan fingerprint density at radius 2 is 1.95 bits per heavy atom. The molecule has 8 nitrogen and oxygen atoms in total. The number of nitrogens with zero attached hydrogens (tertiary/aromatic N) is 1. The van der Waals surface area contributed by atoms with E-state index in [4.69, 9.17) is 4.74 Å². The first-order valence-corrected chi connectivity index (χ1v) is 13.7. The zero-order chi connectivity index (χ0) is 26.4. The SMILES string of the molecule is CCC(C)C(NC(=O)C1Cc2c([nH]c3ccccc23)C2c3ccccc3C(=O)N12)C(=O)NCC1CCCO1. The van der Waals surface area contributed by atoms with Crippen LogP contribution in [0.2, 0.25) is 0 Å². The molecule has 0 saturated carbocycles. The fourth-order valence-electron chi connectivity index (χ4n) is 6.22. The monoisotopic (exact) mass is 514 g/mol. The number of H-pyrrole nitrogens is 1. The summed E-state index contributed by atoms with van der Waals surface area (Å²) in [6.45, 7) is 5.13. The Labute approximate surface area is 222 Å². The van der Waals surface area contributed by atoms with Gasteiger partial charge in [0.05, 0.1) is 12.1 Å². The molecule has 5 atom stereocenters. The number of carbonyl (C=O) groups is 3. The largest absolute Gasteiger partial charge is 0.376 e. The number of carbonyl (C=O) groups excluding carboxylic acids is 3. The van der Waals surface area contributed by atoms with Crippen LogP contribution >= 0.6 is 0 Å². The van der Waals surface area contributed by atoms with Gasteiger partial charge in [-0.3, -0.25) is 14.4 Å². The van der Waals surface area contributed by atoms with E-state index in [1.54, 1.807) is 4.90 Å². The van der Waals surface area contributed by atoms with E-state index in [0.29, 0.717) is 18.5 Å². The Morgan fingerprint density at radius 3 is 2.74 bits per heavy atom. The minimum Gasteiger partial charge on any atom is -0.376 e. The number of aromatic amines is 1. The Bertz CT molecular complexity index is 1390. The summed E-state index contributed by atoms with van der Waals surface area (Å²) in [7, 11) is 0. The Hall–Kier alpha value is -3.65. The standard InChI is InChI=1S/C30H34N4O4/c1-3-17(2)25(29(36)31-16-18-9-8-14-38-18)33-28(35)24-15-22-19-10-6-7-13-23(19)32-26(22)27-20-11-4-5-12-21(20)30(37)34(24)27/h4-7,10-13,17-18,24-25,27,32H,3,8-9,14-16H2,1-2H3,(H,31,36)(H,33,35). The molecule has 8 heteroatoms. The van der Waals surface area contributed by atoms with Crippen LogP contribution in [-0.2, 0) is 20.7 Å². The molecule has 1 saturated heterocycles. The van der Waals surface area contributed by atoms with Crippen LogP contribution in [0.15, 0.2) is 48.5 Å². The lowest BCUT2D eigenvalue weighted by molar-refractivity contribution is -0.133. The van der Waals surface area contributed by atoms with Gasteiger partial charge >= 0.3 is 0 Å². The highest BCUT2D eigenvalue weighted by Crippen LogP contribution is 2.46. The Balaban J connectivity index is 1.32. The van der Waals surface area contributed by atoms with Gasteiger partial charge in [-0.15, -0.1) is 0 Å². The summed E-state index contributed by atoms with van der Waals surface area (Å²) in [6.07, 6.45) is 3.05. The lowest BCUT2D eigenvalue weighted by Crippen LogP contribution is -2.58. The number of fused-ring (bicyclic) bond motifs is 7. The van der Waals surface area contributed by atoms with E-state index in [0.717, 1.165) is 53.6 Å². The highest BCUT2D eigenvalue weighted by atomic mass is 16.5. The summed E-state index contributed by atoms with van der Waals surface area (Å²) in [5.74, 6) is -0.736. The number of para-hydroxylation sites is 1. The minimum atomic E-state index is -0.732. The number of ether oxygens (including phenoxy) is 1. The second kappa shape index (κ2) is 9.91. The molecule has 3 N–H and O–H groups in total. The zero-order valence-electron chi connectivity index (χ0n) is 21.8. The summed E-state index contributed by atoms with van der Waals surface area (Å²) >= 11 is 0. The number of rotatable bonds is 7. The lowest BCUT2D eigenvalue weighted by atomic mass is 9.89. The summed E-state index contributed by atoms with van der Waals surface area (Å²) < 4.78 is 5.65. The van der Waals surface area contributed by atoms with Crippen LogP contribution in [0, 0.1) is 5.92 Å². The van der Waals surface area contributed by atoms with Gasteiger partial charge in [-0.25, -0.2) is 0 Å². The highest BCUT2D eigenvalue weighted by molar-refractivity contribution is 6.04. The maximum atomic E-state index is 14.0. The van der Waals surface area contributed by atoms with Gasteiger partial charge < -0.3 is 25.3 Å². The maximum absolute atomic E-state index is 14.0. The predicted octanol–water partition coefficient (Wildman–Crippen LogP) is 3.46. The van der Waals surface area contributed by atoms with Gasteiger partial charge in [0.1, 0.15) is 12.1 Å². The van der Waals surface area contributed by atoms with Gasteiger partial charge in [-0.1, -0.05) is 56.7 Å². The molecule has 0 radical (unpaired) electrons. The molecule has 0 spiro atoms. The molecule has 2 aromatic carbocycles. The molecule has 6 rings (SSSR count). The van der Waals surface area contributed by atoms with Crippen LogP contribution in [0.25, 0.3) is 10.9 Å². The number of benzene rings is 2. The molecule has 3 amide bonds. The lowest BCUT2D eigenvalue weighted by Gasteiger charge is -2.38. The average Bonchev–Trinajstić information content (AvgIpc) is 3.66. The van der Waals surface area contributed by atoms with Crippen molar-refractivity contribution in [2.45, 2.75) is 63.8 Å². The van der Waals surface area contributed by atoms with E-state index in [1.165, 1.54) is 0 Å². The number of nitrogens with one attached hydrogen (secondary N) is 3. The van der Waals surface area contributed by atoms with Crippen LogP contribution in [0.1, 0.15) is 66.3 Å². The van der Waals surface area contributed by atoms with E-state index < -0.39 is 12.1 Å². The first-order chi connectivity index (χ1) is 18.5. The summed E-state index contributed by atoms with van der Waals surface area (Å²) in [6, 6.07) is 13.8. The average molecular weight is 515 g/mol. The van der Waals surface area contributed by atoms with E-state index >= 15 is 0 Å². The van der Waals surface area contributed by atoms with Gasteiger partial charge in [-0.05, 0) is 42.0 Å². The molecule has 3 aliphatic rings. The molecule has 1 aromatic heterocycles. The van der Waals surface area contributed by atoms with E-state index in [9.17, 15) is 14.4 Å². The van der Waals surface area contributed by atoms with Gasteiger partial charge in [0, 0.05) is 41.7 Å². The van der Waals surface area contributed by atoms with Crippen LogP contribution < -0.4 is 10.6 Å². The third kappa shape index (κ3) is 4.07. The molecule has 198 valence electrons. The van der Waals surface area contributed by atoms with Crippen molar-refractivity contribution in [2.24, 2.45) is 5.92 Å². The van der Waals surface area contributed by atoms with Crippen molar-refractivity contribution >= 4 is 28.6 Å². The molecular formula is C30H34N4O4. The van der Waals surface area contributed by atoms with Crippen LogP contribution in [0.3, 0.4) is 0 Å². The second-order valence-electron chi connectivity index (χ2n) is 10.7. The third-order valence-corrected chi connectivity index (χ3v) is 8.48. The molecule has 4 heterocycles. The van der Waals surface area contributed by atoms with Crippen LogP contribution in [0.4, 0.5) is 0 Å².